The lowest BCUT2D eigenvalue weighted by atomic mass is 10.3. The molecule has 0 spiro atoms. The van der Waals surface area contributed by atoms with Gasteiger partial charge in [-0.1, -0.05) is 18.3 Å². The summed E-state index contributed by atoms with van der Waals surface area (Å²) in [4.78, 5) is 4.53. The number of nitrogens with zero attached hydrogens (tertiary/aromatic N) is 1. The summed E-state index contributed by atoms with van der Waals surface area (Å²) in [6.45, 7) is 0. The molecule has 2 nitrogen and oxygen atoms in total. The topological polar surface area (TPSA) is 38.4 Å². The van der Waals surface area contributed by atoms with Crippen LogP contribution in [-0.4, -0.2) is 11.2 Å². The molecule has 0 fully saturated rings. The molecule has 1 heterocycles. The van der Waals surface area contributed by atoms with Gasteiger partial charge >= 0.3 is 0 Å². The molecule has 1 aliphatic rings. The van der Waals surface area contributed by atoms with Crippen LogP contribution in [0.2, 0.25) is 0 Å². The molecule has 0 aliphatic carbocycles. The Labute approximate surface area is 53.1 Å². The molecule has 3 heteroatoms. The van der Waals surface area contributed by atoms with Crippen molar-refractivity contribution in [3.05, 3.63) is 11.8 Å². The Bertz CT molecular complexity index is 167. The average Bonchev–Trinajstić information content (AvgIpc) is 1.77. The van der Waals surface area contributed by atoms with Crippen LogP contribution in [0.15, 0.2) is 16.8 Å². The molecule has 0 atom stereocenters. The number of nitrogens with two attached hydrogens (primary N) is 1. The standard InChI is InChI=1S/C5H6N2S/c6-4-1-2-5(8)7-3-4/h1,3H,2,6H2. The first-order chi connectivity index (χ1) is 3.79. The first kappa shape index (κ1) is 5.44. The molecule has 0 unspecified atom stereocenters. The smallest absolute Gasteiger partial charge is 0.107 e. The van der Waals surface area contributed by atoms with Crippen molar-refractivity contribution < 1.29 is 0 Å². The molecule has 0 saturated carbocycles. The maximum absolute atomic E-state index is 5.35. The number of hydrogen-bond acceptors (Lipinski definition) is 2. The highest BCUT2D eigenvalue weighted by atomic mass is 32.1. The summed E-state index contributed by atoms with van der Waals surface area (Å²) < 4.78 is 0. The predicted molar refractivity (Wildman–Crippen MR) is 38.0 cm³/mol. The molecule has 0 saturated heterocycles. The fourth-order valence-corrected chi connectivity index (χ4v) is 0.593. The van der Waals surface area contributed by atoms with Crippen molar-refractivity contribution in [3.63, 3.8) is 0 Å². The zero-order valence-corrected chi connectivity index (χ0v) is 5.11. The van der Waals surface area contributed by atoms with Gasteiger partial charge in [-0.3, -0.25) is 0 Å². The number of hydrogen-bond donors (Lipinski definition) is 1. The van der Waals surface area contributed by atoms with Gasteiger partial charge in [0.25, 0.3) is 0 Å². The molecule has 1 aliphatic heterocycles. The summed E-state index contributed by atoms with van der Waals surface area (Å²) in [5.74, 6) is 0. The lowest BCUT2D eigenvalue weighted by Gasteiger charge is -1.98. The second-order valence-electron chi connectivity index (χ2n) is 1.56. The van der Waals surface area contributed by atoms with Crippen LogP contribution >= 0.6 is 12.2 Å². The van der Waals surface area contributed by atoms with E-state index >= 15 is 0 Å². The Balaban J connectivity index is 2.71. The Hall–Kier alpha value is -0.700. The summed E-state index contributed by atoms with van der Waals surface area (Å²) in [5.41, 5.74) is 6.06. The van der Waals surface area contributed by atoms with Crippen LogP contribution in [-0.2, 0) is 0 Å². The minimum atomic E-state index is 0.707. The van der Waals surface area contributed by atoms with Gasteiger partial charge in [0.05, 0.1) is 6.21 Å². The van der Waals surface area contributed by atoms with Crippen molar-refractivity contribution in [1.29, 1.82) is 0 Å². The summed E-state index contributed by atoms with van der Waals surface area (Å²) in [7, 11) is 0. The quantitative estimate of drug-likeness (QED) is 0.483. The van der Waals surface area contributed by atoms with Gasteiger partial charge < -0.3 is 5.73 Å². The van der Waals surface area contributed by atoms with E-state index in [2.05, 4.69) is 4.99 Å². The molecule has 0 aromatic carbocycles. The lowest BCUT2D eigenvalue weighted by molar-refractivity contribution is 1.34. The highest BCUT2D eigenvalue weighted by Crippen LogP contribution is 1.97. The summed E-state index contributed by atoms with van der Waals surface area (Å²) in [6.07, 6.45) is 4.15. The monoisotopic (exact) mass is 126 g/mol. The van der Waals surface area contributed by atoms with Crippen LogP contribution in [0.3, 0.4) is 0 Å². The van der Waals surface area contributed by atoms with E-state index in [0.717, 1.165) is 6.42 Å². The molecular weight excluding hydrogens is 120 g/mol. The maximum atomic E-state index is 5.35. The molecule has 8 heavy (non-hydrogen) atoms. The molecule has 0 aromatic rings. The molecule has 0 aromatic heterocycles. The average molecular weight is 126 g/mol. The SMILES string of the molecule is NC1=CCC(=S)N=C1. The van der Waals surface area contributed by atoms with Crippen LogP contribution in [0.25, 0.3) is 0 Å². The second-order valence-corrected chi connectivity index (χ2v) is 2.03. The van der Waals surface area contributed by atoms with Crippen LogP contribution in [0, 0.1) is 0 Å². The normalized spacial score (nSPS) is 18.5. The third kappa shape index (κ3) is 1.13. The number of dihydropyridines is 1. The van der Waals surface area contributed by atoms with Gasteiger partial charge in [0.2, 0.25) is 0 Å². The van der Waals surface area contributed by atoms with Crippen LogP contribution in [0.5, 0.6) is 0 Å². The van der Waals surface area contributed by atoms with Gasteiger partial charge in [0.1, 0.15) is 4.99 Å². The third-order valence-electron chi connectivity index (χ3n) is 0.870. The first-order valence-corrected chi connectivity index (χ1v) is 2.72. The molecule has 42 valence electrons. The molecule has 2 N–H and O–H groups in total. The van der Waals surface area contributed by atoms with Crippen molar-refractivity contribution in [3.8, 4) is 0 Å². The summed E-state index contributed by atoms with van der Waals surface area (Å²) in [5, 5.41) is 0. The Morgan fingerprint density at radius 3 is 2.88 bits per heavy atom. The van der Waals surface area contributed by atoms with Gasteiger partial charge in [-0.25, -0.2) is 4.99 Å². The molecule has 0 bridgehead atoms. The summed E-state index contributed by atoms with van der Waals surface area (Å²) >= 11 is 4.76. The minimum Gasteiger partial charge on any atom is -0.398 e. The van der Waals surface area contributed by atoms with Gasteiger partial charge in [0.15, 0.2) is 0 Å². The molecule has 1 rings (SSSR count). The second kappa shape index (κ2) is 2.05. The van der Waals surface area contributed by atoms with Crippen molar-refractivity contribution in [2.45, 2.75) is 6.42 Å². The minimum absolute atomic E-state index is 0.707. The number of rotatable bonds is 0. The highest BCUT2D eigenvalue weighted by molar-refractivity contribution is 7.80. The van der Waals surface area contributed by atoms with Crippen LogP contribution < -0.4 is 5.73 Å². The van der Waals surface area contributed by atoms with E-state index in [4.69, 9.17) is 18.0 Å². The fraction of sp³-hybridized carbons (Fsp3) is 0.200. The van der Waals surface area contributed by atoms with Crippen LogP contribution in [0.4, 0.5) is 0 Å². The third-order valence-corrected chi connectivity index (χ3v) is 1.14. The highest BCUT2D eigenvalue weighted by Gasteiger charge is 1.95. The van der Waals surface area contributed by atoms with E-state index in [1.54, 1.807) is 6.21 Å². The van der Waals surface area contributed by atoms with E-state index < -0.39 is 0 Å². The molecule has 0 amide bonds. The van der Waals surface area contributed by atoms with E-state index in [1.807, 2.05) is 6.08 Å². The number of aliphatic imine (C=N–C) groups is 1. The number of thiocarbonyl (C=S) groups is 1. The Morgan fingerprint density at radius 1 is 1.75 bits per heavy atom. The molecule has 0 radical (unpaired) electrons. The number of allylic oxidation sites excluding steroid dienone is 1. The van der Waals surface area contributed by atoms with Crippen molar-refractivity contribution in [2.75, 3.05) is 0 Å². The van der Waals surface area contributed by atoms with Crippen molar-refractivity contribution >= 4 is 23.4 Å². The zero-order chi connectivity index (χ0) is 5.98. The van der Waals surface area contributed by atoms with E-state index in [9.17, 15) is 0 Å². The Kier molecular flexibility index (Phi) is 1.39. The lowest BCUT2D eigenvalue weighted by Crippen LogP contribution is -2.05. The maximum Gasteiger partial charge on any atom is 0.107 e. The van der Waals surface area contributed by atoms with Crippen molar-refractivity contribution in [2.24, 2.45) is 10.7 Å². The summed E-state index contributed by atoms with van der Waals surface area (Å²) in [6, 6.07) is 0. The van der Waals surface area contributed by atoms with Crippen LogP contribution in [0.1, 0.15) is 6.42 Å². The first-order valence-electron chi connectivity index (χ1n) is 2.31. The van der Waals surface area contributed by atoms with E-state index in [0.29, 0.717) is 10.7 Å². The van der Waals surface area contributed by atoms with Gasteiger partial charge in [0, 0.05) is 12.1 Å². The van der Waals surface area contributed by atoms with Gasteiger partial charge in [-0.05, 0) is 0 Å². The predicted octanol–water partition coefficient (Wildman–Crippen LogP) is 0.631. The van der Waals surface area contributed by atoms with Crippen molar-refractivity contribution in [1.82, 2.24) is 0 Å². The van der Waals surface area contributed by atoms with Gasteiger partial charge in [-0.15, -0.1) is 0 Å². The Morgan fingerprint density at radius 2 is 2.50 bits per heavy atom. The fourth-order valence-electron chi connectivity index (χ4n) is 0.457. The zero-order valence-electron chi connectivity index (χ0n) is 4.29. The largest absolute Gasteiger partial charge is 0.398 e. The van der Waals surface area contributed by atoms with E-state index in [-0.39, 0.29) is 0 Å². The van der Waals surface area contributed by atoms with Gasteiger partial charge in [-0.2, -0.15) is 0 Å². The molecular formula is C5H6N2S. The van der Waals surface area contributed by atoms with E-state index in [1.165, 1.54) is 0 Å².